The highest BCUT2D eigenvalue weighted by Crippen LogP contribution is 2.43. The molecule has 5 rings (SSSR count). The minimum absolute atomic E-state index is 0.00342. The molecule has 1 atom stereocenters. The van der Waals surface area contributed by atoms with Gasteiger partial charge >= 0.3 is 12.1 Å². The smallest absolute Gasteiger partial charge is 0.416 e. The predicted octanol–water partition coefficient (Wildman–Crippen LogP) is 5.75. The molecule has 1 N–H and O–H groups in total. The van der Waals surface area contributed by atoms with Crippen molar-refractivity contribution in [2.24, 2.45) is 5.92 Å². The second-order valence-electron chi connectivity index (χ2n) is 10.6. The highest BCUT2D eigenvalue weighted by molar-refractivity contribution is 5.69. The van der Waals surface area contributed by atoms with E-state index in [1.807, 2.05) is 24.3 Å². The quantitative estimate of drug-likeness (QED) is 0.522. The average Bonchev–Trinajstić information content (AvgIpc) is 3.21. The van der Waals surface area contributed by atoms with Crippen molar-refractivity contribution in [3.05, 3.63) is 64.2 Å². The Balaban J connectivity index is 1.36. The van der Waals surface area contributed by atoms with Gasteiger partial charge in [-0.15, -0.1) is 0 Å². The first-order valence-corrected chi connectivity index (χ1v) is 12.7. The van der Waals surface area contributed by atoms with Gasteiger partial charge in [0.1, 0.15) is 11.9 Å². The standard InChI is InChI=1S/C28H32F3NO4/c1-18-10-12-32(13-11-18)15-23-21-7-9-25(22(21)6-8-24(23)28(29,30)31)36-20-4-2-19(3-5-20)27(14-26(33)34)16-35-17-27/h2-6,8,18,25H,7,9-17H2,1H3,(H,33,34)/t25-/m1/s1. The van der Waals surface area contributed by atoms with Crippen LogP contribution in [0.15, 0.2) is 36.4 Å². The van der Waals surface area contributed by atoms with Crippen LogP contribution in [0.25, 0.3) is 0 Å². The Morgan fingerprint density at radius 3 is 2.39 bits per heavy atom. The molecule has 2 aromatic rings. The Hall–Kier alpha value is -2.58. The Morgan fingerprint density at radius 1 is 1.11 bits per heavy atom. The number of alkyl halides is 3. The summed E-state index contributed by atoms with van der Waals surface area (Å²) in [7, 11) is 0. The van der Waals surface area contributed by atoms with E-state index in [2.05, 4.69) is 11.8 Å². The second kappa shape index (κ2) is 9.71. The lowest BCUT2D eigenvalue weighted by Crippen LogP contribution is -2.48. The summed E-state index contributed by atoms with van der Waals surface area (Å²) in [6.45, 7) is 4.90. The number of rotatable bonds is 7. The predicted molar refractivity (Wildman–Crippen MR) is 128 cm³/mol. The van der Waals surface area contributed by atoms with Crippen LogP contribution in [0, 0.1) is 5.92 Å². The van der Waals surface area contributed by atoms with E-state index >= 15 is 0 Å². The molecular weight excluding hydrogens is 471 g/mol. The number of aliphatic carboxylic acids is 1. The van der Waals surface area contributed by atoms with E-state index < -0.39 is 23.1 Å². The van der Waals surface area contributed by atoms with Crippen molar-refractivity contribution in [3.8, 4) is 5.75 Å². The minimum Gasteiger partial charge on any atom is -0.486 e. The number of nitrogens with zero attached hydrogens (tertiary/aromatic N) is 1. The summed E-state index contributed by atoms with van der Waals surface area (Å²) >= 11 is 0. The molecule has 5 nitrogen and oxygen atoms in total. The van der Waals surface area contributed by atoms with E-state index in [-0.39, 0.29) is 12.5 Å². The van der Waals surface area contributed by atoms with Crippen LogP contribution in [-0.2, 0) is 34.1 Å². The molecule has 0 unspecified atom stereocenters. The zero-order valence-corrected chi connectivity index (χ0v) is 20.4. The molecule has 8 heteroatoms. The lowest BCUT2D eigenvalue weighted by molar-refractivity contribution is -0.145. The van der Waals surface area contributed by atoms with Gasteiger partial charge in [0.05, 0.1) is 30.6 Å². The lowest BCUT2D eigenvalue weighted by Gasteiger charge is -2.40. The third-order valence-corrected chi connectivity index (χ3v) is 8.03. The molecular formula is C28H32F3NO4. The fourth-order valence-electron chi connectivity index (χ4n) is 5.81. The molecule has 194 valence electrons. The number of piperidine rings is 1. The number of carbonyl (C=O) groups is 1. The topological polar surface area (TPSA) is 59.0 Å². The molecule has 2 fully saturated rings. The molecule has 0 radical (unpaired) electrons. The maximum atomic E-state index is 13.9. The van der Waals surface area contributed by atoms with E-state index in [1.54, 1.807) is 6.07 Å². The number of halogens is 3. The van der Waals surface area contributed by atoms with Gasteiger partial charge in [0.15, 0.2) is 0 Å². The van der Waals surface area contributed by atoms with Gasteiger partial charge in [-0.3, -0.25) is 9.69 Å². The van der Waals surface area contributed by atoms with Crippen molar-refractivity contribution in [1.29, 1.82) is 0 Å². The molecule has 0 spiro atoms. The van der Waals surface area contributed by atoms with Gasteiger partial charge in [-0.05, 0) is 85.1 Å². The number of fused-ring (bicyclic) bond motifs is 1. The molecule has 2 aromatic carbocycles. The first-order valence-electron chi connectivity index (χ1n) is 12.7. The first-order chi connectivity index (χ1) is 17.1. The molecule has 2 aliphatic heterocycles. The van der Waals surface area contributed by atoms with Crippen LogP contribution >= 0.6 is 0 Å². The zero-order chi connectivity index (χ0) is 25.5. The van der Waals surface area contributed by atoms with Crippen LogP contribution in [0.2, 0.25) is 0 Å². The van der Waals surface area contributed by atoms with Gasteiger partial charge in [-0.25, -0.2) is 0 Å². The zero-order valence-electron chi connectivity index (χ0n) is 20.4. The average molecular weight is 504 g/mol. The summed E-state index contributed by atoms with van der Waals surface area (Å²) in [6, 6.07) is 10.2. The van der Waals surface area contributed by atoms with E-state index in [0.29, 0.717) is 49.8 Å². The Kier molecular flexibility index (Phi) is 6.76. The Morgan fingerprint density at radius 2 is 1.81 bits per heavy atom. The second-order valence-corrected chi connectivity index (χ2v) is 10.6. The van der Waals surface area contributed by atoms with E-state index in [0.717, 1.165) is 42.6 Å². The van der Waals surface area contributed by atoms with Crippen LogP contribution in [-0.4, -0.2) is 42.3 Å². The number of likely N-dealkylation sites (tertiary alicyclic amines) is 1. The van der Waals surface area contributed by atoms with Crippen LogP contribution in [0.4, 0.5) is 13.2 Å². The summed E-state index contributed by atoms with van der Waals surface area (Å²) < 4.78 is 53.3. The van der Waals surface area contributed by atoms with Crippen LogP contribution < -0.4 is 4.74 Å². The first kappa shape index (κ1) is 25.1. The third-order valence-electron chi connectivity index (χ3n) is 8.03. The largest absolute Gasteiger partial charge is 0.486 e. The summed E-state index contributed by atoms with van der Waals surface area (Å²) in [5, 5.41) is 9.27. The van der Waals surface area contributed by atoms with E-state index in [4.69, 9.17) is 9.47 Å². The van der Waals surface area contributed by atoms with Gasteiger partial charge in [0.2, 0.25) is 0 Å². The molecule has 3 aliphatic rings. The Labute approximate surface area is 209 Å². The van der Waals surface area contributed by atoms with Gasteiger partial charge in [-0.1, -0.05) is 25.1 Å². The summed E-state index contributed by atoms with van der Waals surface area (Å²) in [5.41, 5.74) is 1.86. The highest BCUT2D eigenvalue weighted by Gasteiger charge is 2.42. The molecule has 0 aromatic heterocycles. The van der Waals surface area contributed by atoms with Gasteiger partial charge in [0.25, 0.3) is 0 Å². The minimum atomic E-state index is -4.39. The van der Waals surface area contributed by atoms with Gasteiger partial charge in [0, 0.05) is 6.54 Å². The maximum absolute atomic E-state index is 13.9. The monoisotopic (exact) mass is 503 g/mol. The number of carboxylic acid groups (broad SMARTS) is 1. The highest BCUT2D eigenvalue weighted by atomic mass is 19.4. The number of hydrogen-bond donors (Lipinski definition) is 1. The van der Waals surface area contributed by atoms with Crippen molar-refractivity contribution in [2.75, 3.05) is 26.3 Å². The van der Waals surface area contributed by atoms with Crippen molar-refractivity contribution in [1.82, 2.24) is 4.90 Å². The molecule has 2 heterocycles. The van der Waals surface area contributed by atoms with Crippen LogP contribution in [0.5, 0.6) is 5.75 Å². The van der Waals surface area contributed by atoms with Crippen molar-refractivity contribution >= 4 is 5.97 Å². The van der Waals surface area contributed by atoms with Crippen LogP contribution in [0.1, 0.15) is 66.5 Å². The van der Waals surface area contributed by atoms with Crippen molar-refractivity contribution in [3.63, 3.8) is 0 Å². The molecule has 2 saturated heterocycles. The number of benzene rings is 2. The molecule has 36 heavy (non-hydrogen) atoms. The van der Waals surface area contributed by atoms with E-state index in [9.17, 15) is 23.1 Å². The molecule has 1 aliphatic carbocycles. The van der Waals surface area contributed by atoms with Gasteiger partial charge < -0.3 is 14.6 Å². The molecule has 0 bridgehead atoms. The van der Waals surface area contributed by atoms with Crippen LogP contribution in [0.3, 0.4) is 0 Å². The third kappa shape index (κ3) is 4.98. The SMILES string of the molecule is CC1CCN(Cc2c(C(F)(F)F)ccc3c2CC[C@H]3Oc2ccc(C3(CC(=O)O)COC3)cc2)CC1. The fourth-order valence-corrected chi connectivity index (χ4v) is 5.81. The summed E-state index contributed by atoms with van der Waals surface area (Å²) in [4.78, 5) is 13.4. The summed E-state index contributed by atoms with van der Waals surface area (Å²) in [5.74, 6) is 0.368. The molecule has 0 amide bonds. The fraction of sp³-hybridized carbons (Fsp3) is 0.536. The number of ether oxygens (including phenoxy) is 2. The number of carboxylic acids is 1. The van der Waals surface area contributed by atoms with Crippen molar-refractivity contribution < 1.29 is 32.5 Å². The maximum Gasteiger partial charge on any atom is 0.416 e. The van der Waals surface area contributed by atoms with E-state index in [1.165, 1.54) is 6.07 Å². The normalized spacial score (nSPS) is 22.2. The number of hydrogen-bond acceptors (Lipinski definition) is 4. The molecule has 0 saturated carbocycles. The summed E-state index contributed by atoms with van der Waals surface area (Å²) in [6.07, 6.45) is -1.49. The Bertz CT molecular complexity index is 1100. The van der Waals surface area contributed by atoms with Crippen molar-refractivity contribution in [2.45, 2.75) is 63.3 Å². The lowest BCUT2D eigenvalue weighted by atomic mass is 9.76. The van der Waals surface area contributed by atoms with Gasteiger partial charge in [-0.2, -0.15) is 13.2 Å².